The number of fused-ring (bicyclic) bond motifs is 1. The van der Waals surface area contributed by atoms with Crippen LogP contribution >= 0.6 is 0 Å². The van der Waals surface area contributed by atoms with Gasteiger partial charge in [0.25, 0.3) is 5.91 Å². The summed E-state index contributed by atoms with van der Waals surface area (Å²) >= 11 is 0. The highest BCUT2D eigenvalue weighted by Crippen LogP contribution is 2.42. The van der Waals surface area contributed by atoms with Gasteiger partial charge in [0.1, 0.15) is 23.3 Å². The number of aromatic nitrogens is 4. The SMILES string of the molecule is CCNC(=O)[C@H]1O[C@@H](n2cnc3c(N)nc(C#CC(O)(C4CCCCC4)C4CCCCC4)nc32)C(O)C1O. The minimum Gasteiger partial charge on any atom is -0.387 e. The van der Waals surface area contributed by atoms with E-state index in [-0.39, 0.29) is 34.6 Å². The number of anilines is 1. The Labute approximate surface area is 222 Å². The van der Waals surface area contributed by atoms with Gasteiger partial charge in [-0.3, -0.25) is 9.36 Å². The molecule has 2 aliphatic carbocycles. The Bertz CT molecular complexity index is 1190. The third-order valence-corrected chi connectivity index (χ3v) is 8.40. The largest absolute Gasteiger partial charge is 0.387 e. The van der Waals surface area contributed by atoms with E-state index in [4.69, 9.17) is 10.5 Å². The summed E-state index contributed by atoms with van der Waals surface area (Å²) in [6.45, 7) is 2.11. The number of nitrogen functional groups attached to an aromatic ring is 1. The number of hydrogen-bond acceptors (Lipinski definition) is 9. The van der Waals surface area contributed by atoms with E-state index in [1.807, 2.05) is 0 Å². The Morgan fingerprint density at radius 3 is 2.34 bits per heavy atom. The molecule has 206 valence electrons. The van der Waals surface area contributed by atoms with Crippen molar-refractivity contribution in [1.82, 2.24) is 24.8 Å². The molecule has 2 saturated carbocycles. The van der Waals surface area contributed by atoms with Gasteiger partial charge in [0.05, 0.1) is 6.33 Å². The molecule has 1 saturated heterocycles. The first-order valence-corrected chi connectivity index (χ1v) is 13.9. The van der Waals surface area contributed by atoms with Crippen LogP contribution in [0.3, 0.4) is 0 Å². The van der Waals surface area contributed by atoms with Crippen molar-refractivity contribution in [3.63, 3.8) is 0 Å². The number of hydrogen-bond donors (Lipinski definition) is 5. The van der Waals surface area contributed by atoms with Crippen molar-refractivity contribution in [3.05, 3.63) is 12.2 Å². The van der Waals surface area contributed by atoms with Crippen LogP contribution in [0.5, 0.6) is 0 Å². The summed E-state index contributed by atoms with van der Waals surface area (Å²) < 4.78 is 7.17. The fraction of sp³-hybridized carbons (Fsp3) is 0.704. The van der Waals surface area contributed by atoms with Crippen molar-refractivity contribution in [2.45, 2.75) is 101 Å². The summed E-state index contributed by atoms with van der Waals surface area (Å²) in [6, 6.07) is 0. The Balaban J connectivity index is 1.48. The van der Waals surface area contributed by atoms with Crippen LogP contribution in [-0.2, 0) is 9.53 Å². The monoisotopic (exact) mass is 526 g/mol. The molecule has 3 fully saturated rings. The second-order valence-electron chi connectivity index (χ2n) is 10.8. The Morgan fingerprint density at radius 2 is 1.74 bits per heavy atom. The zero-order chi connectivity index (χ0) is 26.9. The van der Waals surface area contributed by atoms with Gasteiger partial charge in [-0.15, -0.1) is 0 Å². The molecule has 11 heteroatoms. The normalized spacial score (nSPS) is 27.3. The van der Waals surface area contributed by atoms with Crippen molar-refractivity contribution >= 4 is 22.9 Å². The summed E-state index contributed by atoms with van der Waals surface area (Å²) in [4.78, 5) is 25.5. The molecule has 3 heterocycles. The average molecular weight is 527 g/mol. The molecule has 3 aliphatic rings. The molecule has 1 aliphatic heterocycles. The standard InChI is InChI=1S/C27H38N6O5/c1-2-29-25(36)22-20(34)21(35)26(38-22)33-15-30-19-23(28)31-18(32-24(19)33)13-14-27(37,16-9-5-3-6-10-16)17-11-7-4-8-12-17/h15-17,20-22,26,34-35,37H,2-12H2,1H3,(H,29,36)(H2,28,31,32)/t20?,21?,22-,26+/m0/s1. The Hall–Kier alpha value is -2.78. The van der Waals surface area contributed by atoms with Gasteiger partial charge in [-0.25, -0.2) is 15.0 Å². The second-order valence-corrected chi connectivity index (χ2v) is 10.8. The first-order chi connectivity index (χ1) is 18.3. The highest BCUT2D eigenvalue weighted by molar-refractivity contribution is 5.83. The highest BCUT2D eigenvalue weighted by atomic mass is 16.6. The first-order valence-electron chi connectivity index (χ1n) is 13.9. The fourth-order valence-electron chi connectivity index (χ4n) is 6.34. The van der Waals surface area contributed by atoms with E-state index in [0.29, 0.717) is 6.54 Å². The van der Waals surface area contributed by atoms with E-state index in [2.05, 4.69) is 32.1 Å². The summed E-state index contributed by atoms with van der Waals surface area (Å²) in [5.41, 5.74) is 5.64. The predicted molar refractivity (Wildman–Crippen MR) is 139 cm³/mol. The van der Waals surface area contributed by atoms with E-state index in [1.165, 1.54) is 23.7 Å². The number of carbonyl (C=O) groups excluding carboxylic acids is 1. The lowest BCUT2D eigenvalue weighted by molar-refractivity contribution is -0.137. The van der Waals surface area contributed by atoms with Gasteiger partial charge in [-0.2, -0.15) is 0 Å². The van der Waals surface area contributed by atoms with Gasteiger partial charge < -0.3 is 31.1 Å². The van der Waals surface area contributed by atoms with Crippen LogP contribution in [0.15, 0.2) is 6.33 Å². The van der Waals surface area contributed by atoms with Gasteiger partial charge in [0, 0.05) is 6.54 Å². The van der Waals surface area contributed by atoms with Crippen molar-refractivity contribution in [3.8, 4) is 11.8 Å². The highest BCUT2D eigenvalue weighted by Gasteiger charge is 2.48. The van der Waals surface area contributed by atoms with E-state index in [9.17, 15) is 20.1 Å². The third-order valence-electron chi connectivity index (χ3n) is 8.40. The number of imidazole rings is 1. The zero-order valence-electron chi connectivity index (χ0n) is 21.8. The molecule has 11 nitrogen and oxygen atoms in total. The molecule has 2 aromatic heterocycles. The molecule has 38 heavy (non-hydrogen) atoms. The average Bonchev–Trinajstić information content (AvgIpc) is 3.49. The Kier molecular flexibility index (Phi) is 7.86. The summed E-state index contributed by atoms with van der Waals surface area (Å²) in [6.07, 6.45) is 6.83. The van der Waals surface area contributed by atoms with Crippen molar-refractivity contribution in [1.29, 1.82) is 0 Å². The lowest BCUT2D eigenvalue weighted by atomic mass is 9.66. The minimum atomic E-state index is -1.43. The van der Waals surface area contributed by atoms with E-state index in [1.54, 1.807) is 6.92 Å². The van der Waals surface area contributed by atoms with E-state index < -0.39 is 36.0 Å². The van der Waals surface area contributed by atoms with Crippen LogP contribution in [-0.4, -0.2) is 71.2 Å². The topological polar surface area (TPSA) is 169 Å². The molecule has 4 atom stereocenters. The van der Waals surface area contributed by atoms with Gasteiger partial charge >= 0.3 is 0 Å². The van der Waals surface area contributed by atoms with Crippen LogP contribution in [0, 0.1) is 23.7 Å². The summed E-state index contributed by atoms with van der Waals surface area (Å²) in [5.74, 6) is 6.18. The number of aliphatic hydroxyl groups excluding tert-OH is 2. The van der Waals surface area contributed by atoms with Gasteiger partial charge in [0.15, 0.2) is 23.8 Å². The fourth-order valence-corrected chi connectivity index (χ4v) is 6.34. The number of aliphatic hydroxyl groups is 3. The maximum absolute atomic E-state index is 12.3. The number of nitrogens with one attached hydrogen (secondary N) is 1. The van der Waals surface area contributed by atoms with E-state index in [0.717, 1.165) is 51.4 Å². The minimum absolute atomic E-state index is 0.102. The molecule has 2 aromatic rings. The van der Waals surface area contributed by atoms with Gasteiger partial charge in [-0.1, -0.05) is 44.4 Å². The van der Waals surface area contributed by atoms with Crippen LogP contribution in [0.4, 0.5) is 5.82 Å². The predicted octanol–water partition coefficient (Wildman–Crippen LogP) is 1.41. The Morgan fingerprint density at radius 1 is 1.11 bits per heavy atom. The lowest BCUT2D eigenvalue weighted by Gasteiger charge is -2.42. The molecular weight excluding hydrogens is 488 g/mol. The van der Waals surface area contributed by atoms with E-state index >= 15 is 0 Å². The molecule has 0 spiro atoms. The number of nitrogens with zero attached hydrogens (tertiary/aromatic N) is 4. The number of ether oxygens (including phenoxy) is 1. The maximum atomic E-state index is 12.3. The van der Waals surface area contributed by atoms with Crippen LogP contribution in [0.1, 0.15) is 83.2 Å². The summed E-state index contributed by atoms with van der Waals surface area (Å²) in [5, 5.41) is 35.7. The molecule has 0 radical (unpaired) electrons. The quantitative estimate of drug-likeness (QED) is 0.362. The molecule has 6 N–H and O–H groups in total. The van der Waals surface area contributed by atoms with Crippen molar-refractivity contribution < 1.29 is 24.9 Å². The van der Waals surface area contributed by atoms with Crippen LogP contribution < -0.4 is 11.1 Å². The first kappa shape index (κ1) is 26.8. The number of amides is 1. The van der Waals surface area contributed by atoms with Gasteiger partial charge in [-0.05, 0) is 50.4 Å². The van der Waals surface area contributed by atoms with Crippen LogP contribution in [0.2, 0.25) is 0 Å². The smallest absolute Gasteiger partial charge is 0.252 e. The molecule has 0 bridgehead atoms. The summed E-state index contributed by atoms with van der Waals surface area (Å²) in [7, 11) is 0. The molecule has 0 aromatic carbocycles. The number of nitrogens with two attached hydrogens (primary N) is 1. The van der Waals surface area contributed by atoms with Gasteiger partial charge in [0.2, 0.25) is 5.82 Å². The molecule has 1 amide bonds. The second kappa shape index (κ2) is 11.1. The zero-order valence-corrected chi connectivity index (χ0v) is 21.8. The molecule has 5 rings (SSSR count). The lowest BCUT2D eigenvalue weighted by Crippen LogP contribution is -2.45. The number of carbonyl (C=O) groups is 1. The maximum Gasteiger partial charge on any atom is 0.252 e. The number of likely N-dealkylation sites (N-methyl/N-ethyl adjacent to an activating group) is 1. The number of rotatable bonds is 5. The van der Waals surface area contributed by atoms with Crippen molar-refractivity contribution in [2.24, 2.45) is 11.8 Å². The van der Waals surface area contributed by atoms with Crippen molar-refractivity contribution in [2.75, 3.05) is 12.3 Å². The third kappa shape index (κ3) is 4.98. The van der Waals surface area contributed by atoms with Crippen LogP contribution in [0.25, 0.3) is 11.2 Å². The molecular formula is C27H38N6O5. The molecule has 2 unspecified atom stereocenters.